The maximum atomic E-state index is 12.1. The van der Waals surface area contributed by atoms with Crippen molar-refractivity contribution in [3.8, 4) is 17.3 Å². The van der Waals surface area contributed by atoms with E-state index in [1.165, 1.54) is 6.33 Å². The van der Waals surface area contributed by atoms with Gasteiger partial charge in [-0.15, -0.1) is 0 Å². The predicted molar refractivity (Wildman–Crippen MR) is 101 cm³/mol. The number of piperidine rings is 1. The van der Waals surface area contributed by atoms with Crippen LogP contribution in [0, 0.1) is 11.3 Å². The number of aromatic nitrogens is 4. The normalized spacial score (nSPS) is 16.9. The van der Waals surface area contributed by atoms with Gasteiger partial charge in [-0.1, -0.05) is 0 Å². The molecule has 3 aromatic rings. The molecular formula is C19H19N7O. The molecule has 0 aromatic carbocycles. The van der Waals surface area contributed by atoms with Gasteiger partial charge in [-0.2, -0.15) is 5.26 Å². The lowest BCUT2D eigenvalue weighted by atomic mass is 10.0. The topological polar surface area (TPSA) is 111 Å². The Morgan fingerprint density at radius 2 is 2.33 bits per heavy atom. The number of H-pyrrole nitrogens is 1. The highest BCUT2D eigenvalue weighted by Crippen LogP contribution is 2.33. The van der Waals surface area contributed by atoms with Crippen LogP contribution in [0.5, 0.6) is 0 Å². The number of likely N-dealkylation sites (tertiary alicyclic amines) is 1. The van der Waals surface area contributed by atoms with Crippen molar-refractivity contribution < 1.29 is 4.79 Å². The molecular weight excluding hydrogens is 342 g/mol. The Morgan fingerprint density at radius 1 is 1.41 bits per heavy atom. The van der Waals surface area contributed by atoms with Crippen molar-refractivity contribution in [3.05, 3.63) is 37.1 Å². The molecule has 8 heteroatoms. The lowest BCUT2D eigenvalue weighted by Crippen LogP contribution is -2.45. The minimum absolute atomic E-state index is 0.0732. The molecule has 0 aliphatic carbocycles. The van der Waals surface area contributed by atoms with Crippen molar-refractivity contribution in [2.45, 2.75) is 25.3 Å². The van der Waals surface area contributed by atoms with Gasteiger partial charge in [-0.3, -0.25) is 4.79 Å². The Bertz CT molecular complexity index is 992. The summed E-state index contributed by atoms with van der Waals surface area (Å²) in [6, 6.07) is 5.88. The molecule has 136 valence electrons. The van der Waals surface area contributed by atoms with E-state index in [-0.39, 0.29) is 18.4 Å². The first kappa shape index (κ1) is 17.0. The van der Waals surface area contributed by atoms with Gasteiger partial charge >= 0.3 is 0 Å². The summed E-state index contributed by atoms with van der Waals surface area (Å²) in [7, 11) is 0. The molecule has 1 fully saturated rings. The standard InChI is InChI=1S/C19H19N7O/c20-6-3-17(27)26-9-1-2-13(11-26)25-18-14-4-8-22-19(14)23-10-15(18)16-5-7-21-12-24-16/h4-5,7-8,10,12-13H,1-3,9,11H2,(H2,22,23,25)/t13-/m1/s1. The van der Waals surface area contributed by atoms with E-state index in [1.54, 1.807) is 17.3 Å². The second-order valence-electron chi connectivity index (χ2n) is 6.54. The van der Waals surface area contributed by atoms with Crippen LogP contribution >= 0.6 is 0 Å². The Balaban J connectivity index is 1.66. The van der Waals surface area contributed by atoms with Crippen molar-refractivity contribution in [1.29, 1.82) is 5.26 Å². The molecule has 3 aromatic heterocycles. The first-order valence-electron chi connectivity index (χ1n) is 8.90. The van der Waals surface area contributed by atoms with Crippen LogP contribution in [0.25, 0.3) is 22.3 Å². The van der Waals surface area contributed by atoms with E-state index >= 15 is 0 Å². The number of nitriles is 1. The van der Waals surface area contributed by atoms with E-state index in [0.29, 0.717) is 13.1 Å². The van der Waals surface area contributed by atoms with Gasteiger partial charge in [0.1, 0.15) is 18.4 Å². The van der Waals surface area contributed by atoms with E-state index in [2.05, 4.69) is 25.3 Å². The Hall–Kier alpha value is -3.47. The highest BCUT2D eigenvalue weighted by atomic mass is 16.2. The molecule has 1 saturated heterocycles. The quantitative estimate of drug-likeness (QED) is 0.738. The summed E-state index contributed by atoms with van der Waals surface area (Å²) in [6.07, 6.45) is 8.66. The zero-order valence-corrected chi connectivity index (χ0v) is 14.7. The fraction of sp³-hybridized carbons (Fsp3) is 0.316. The van der Waals surface area contributed by atoms with Crippen molar-refractivity contribution in [3.63, 3.8) is 0 Å². The summed E-state index contributed by atoms with van der Waals surface area (Å²) in [6.45, 7) is 1.28. The molecule has 8 nitrogen and oxygen atoms in total. The van der Waals surface area contributed by atoms with E-state index in [4.69, 9.17) is 5.26 Å². The lowest BCUT2D eigenvalue weighted by molar-refractivity contribution is -0.131. The lowest BCUT2D eigenvalue weighted by Gasteiger charge is -2.34. The third kappa shape index (κ3) is 3.44. The SMILES string of the molecule is N#CCC(=O)N1CCC[C@@H](Nc2c(-c3ccncn3)cnc3[nH]ccc23)C1. The number of pyridine rings is 1. The van der Waals surface area contributed by atoms with E-state index < -0.39 is 0 Å². The summed E-state index contributed by atoms with van der Waals surface area (Å²) in [5, 5.41) is 13.4. The highest BCUT2D eigenvalue weighted by Gasteiger charge is 2.25. The molecule has 0 spiro atoms. The number of hydrogen-bond donors (Lipinski definition) is 2. The van der Waals surface area contributed by atoms with Gasteiger partial charge in [0, 0.05) is 48.7 Å². The zero-order valence-electron chi connectivity index (χ0n) is 14.7. The van der Waals surface area contributed by atoms with Crippen molar-refractivity contribution in [2.75, 3.05) is 18.4 Å². The number of aromatic amines is 1. The van der Waals surface area contributed by atoms with Gasteiger partial charge < -0.3 is 15.2 Å². The molecule has 4 heterocycles. The number of anilines is 1. The maximum absolute atomic E-state index is 12.1. The summed E-state index contributed by atoms with van der Waals surface area (Å²) in [5.74, 6) is -0.110. The fourth-order valence-electron chi connectivity index (χ4n) is 3.51. The highest BCUT2D eigenvalue weighted by molar-refractivity contribution is 5.97. The second-order valence-corrected chi connectivity index (χ2v) is 6.54. The smallest absolute Gasteiger partial charge is 0.236 e. The van der Waals surface area contributed by atoms with Gasteiger partial charge in [0.2, 0.25) is 5.91 Å². The monoisotopic (exact) mass is 361 g/mol. The van der Waals surface area contributed by atoms with Gasteiger partial charge in [-0.05, 0) is 25.0 Å². The molecule has 1 amide bonds. The van der Waals surface area contributed by atoms with E-state index in [9.17, 15) is 4.79 Å². The number of carbonyl (C=O) groups is 1. The average Bonchev–Trinajstić information content (AvgIpc) is 3.19. The van der Waals surface area contributed by atoms with Crippen LogP contribution in [0.4, 0.5) is 5.69 Å². The third-order valence-electron chi connectivity index (χ3n) is 4.80. The number of fused-ring (bicyclic) bond motifs is 1. The Morgan fingerprint density at radius 3 is 3.15 bits per heavy atom. The number of nitrogens with zero attached hydrogens (tertiary/aromatic N) is 5. The molecule has 1 aliphatic rings. The van der Waals surface area contributed by atoms with Gasteiger partial charge in [0.15, 0.2) is 0 Å². The molecule has 27 heavy (non-hydrogen) atoms. The van der Waals surface area contributed by atoms with Crippen molar-refractivity contribution in [2.24, 2.45) is 0 Å². The molecule has 0 unspecified atom stereocenters. The van der Waals surface area contributed by atoms with Crippen LogP contribution < -0.4 is 5.32 Å². The van der Waals surface area contributed by atoms with Crippen LogP contribution in [0.3, 0.4) is 0 Å². The average molecular weight is 361 g/mol. The molecule has 0 bridgehead atoms. The van der Waals surface area contributed by atoms with Crippen molar-refractivity contribution >= 4 is 22.6 Å². The molecule has 4 rings (SSSR count). The van der Waals surface area contributed by atoms with Crippen LogP contribution in [0.15, 0.2) is 37.1 Å². The predicted octanol–water partition coefficient (Wildman–Crippen LogP) is 2.34. The number of nitrogens with one attached hydrogen (secondary N) is 2. The second kappa shape index (κ2) is 7.41. The zero-order chi connectivity index (χ0) is 18.6. The third-order valence-corrected chi connectivity index (χ3v) is 4.80. The largest absolute Gasteiger partial charge is 0.379 e. The van der Waals surface area contributed by atoms with E-state index in [1.807, 2.05) is 24.4 Å². The van der Waals surface area contributed by atoms with Crippen molar-refractivity contribution in [1.82, 2.24) is 24.8 Å². The molecule has 2 N–H and O–H groups in total. The van der Waals surface area contributed by atoms with Gasteiger partial charge in [0.05, 0.1) is 17.5 Å². The summed E-state index contributed by atoms with van der Waals surface area (Å²) in [4.78, 5) is 29.8. The van der Waals surface area contributed by atoms with Crippen LogP contribution in [-0.2, 0) is 4.79 Å². The molecule has 0 saturated carbocycles. The molecule has 1 atom stereocenters. The van der Waals surface area contributed by atoms with Crippen LogP contribution in [0.2, 0.25) is 0 Å². The van der Waals surface area contributed by atoms with Crippen LogP contribution in [-0.4, -0.2) is 49.9 Å². The minimum Gasteiger partial charge on any atom is -0.379 e. The Labute approximate surface area is 156 Å². The number of carbonyl (C=O) groups excluding carboxylic acids is 1. The maximum Gasteiger partial charge on any atom is 0.236 e. The number of amides is 1. The fourth-order valence-corrected chi connectivity index (χ4v) is 3.51. The summed E-state index contributed by atoms with van der Waals surface area (Å²) < 4.78 is 0. The first-order chi connectivity index (χ1) is 13.3. The van der Waals surface area contributed by atoms with Gasteiger partial charge in [0.25, 0.3) is 0 Å². The summed E-state index contributed by atoms with van der Waals surface area (Å²) >= 11 is 0. The Kier molecular flexibility index (Phi) is 4.66. The first-order valence-corrected chi connectivity index (χ1v) is 8.90. The molecule has 1 aliphatic heterocycles. The molecule has 0 radical (unpaired) electrons. The van der Waals surface area contributed by atoms with E-state index in [0.717, 1.165) is 40.8 Å². The number of rotatable bonds is 4. The summed E-state index contributed by atoms with van der Waals surface area (Å²) in [5.41, 5.74) is 3.42. The van der Waals surface area contributed by atoms with Crippen LogP contribution in [0.1, 0.15) is 19.3 Å². The van der Waals surface area contributed by atoms with Gasteiger partial charge in [-0.25, -0.2) is 15.0 Å². The minimum atomic E-state index is -0.110. The number of hydrogen-bond acceptors (Lipinski definition) is 6.